The Morgan fingerprint density at radius 1 is 0.719 bits per heavy atom. The molecule has 11 heteroatoms. The molecule has 2 rings (SSSR count). The highest BCUT2D eigenvalue weighted by Crippen LogP contribution is 2.22. The molecular formula is C46H57ClN2O8. The maximum Gasteiger partial charge on any atom is 0.332 e. The van der Waals surface area contributed by atoms with Gasteiger partial charge >= 0.3 is 11.9 Å². The van der Waals surface area contributed by atoms with Gasteiger partial charge in [-0.1, -0.05) is 91.4 Å². The fourth-order valence-electron chi connectivity index (χ4n) is 5.02. The number of hydrogen-bond donors (Lipinski definition) is 2. The SMILES string of the molecule is CCC=CCC=CCC=CCC=CCC=CCC=CCCC(=O)NCC(=O)OC(C)C(NC(=O)C(C)(C)Oc1ccc(C(=O)c2ccc(Cl)cc2)cc1)C(=O)OC. The fraction of sp³-hybridized carbons (Fsp3) is 0.370. The summed E-state index contributed by atoms with van der Waals surface area (Å²) >= 11 is 5.92. The molecule has 2 N–H and O–H groups in total. The third kappa shape index (κ3) is 19.8. The van der Waals surface area contributed by atoms with Crippen molar-refractivity contribution in [3.05, 3.63) is 138 Å². The monoisotopic (exact) mass is 800 g/mol. The normalized spacial score (nSPS) is 13.2. The minimum atomic E-state index is -1.49. The molecule has 0 saturated carbocycles. The fourth-order valence-corrected chi connectivity index (χ4v) is 5.15. The van der Waals surface area contributed by atoms with Gasteiger partial charge in [-0.3, -0.25) is 19.2 Å². The molecular weight excluding hydrogens is 744 g/mol. The first-order valence-electron chi connectivity index (χ1n) is 19.2. The maximum absolute atomic E-state index is 13.3. The van der Waals surface area contributed by atoms with Gasteiger partial charge in [-0.15, -0.1) is 0 Å². The first-order valence-corrected chi connectivity index (χ1v) is 19.6. The van der Waals surface area contributed by atoms with Crippen molar-refractivity contribution in [2.75, 3.05) is 13.7 Å². The average Bonchev–Trinajstić information content (AvgIpc) is 3.19. The number of amides is 2. The zero-order chi connectivity index (χ0) is 41.9. The highest BCUT2D eigenvalue weighted by molar-refractivity contribution is 6.30. The van der Waals surface area contributed by atoms with Crippen molar-refractivity contribution in [1.29, 1.82) is 0 Å². The summed E-state index contributed by atoms with van der Waals surface area (Å²) in [6.45, 7) is 6.13. The van der Waals surface area contributed by atoms with E-state index in [0.29, 0.717) is 28.3 Å². The van der Waals surface area contributed by atoms with Gasteiger partial charge in [0.15, 0.2) is 17.4 Å². The van der Waals surface area contributed by atoms with Gasteiger partial charge in [-0.05, 0) is 114 Å². The molecule has 0 radical (unpaired) electrons. The number of benzene rings is 2. The molecule has 2 aromatic rings. The predicted octanol–water partition coefficient (Wildman–Crippen LogP) is 8.91. The van der Waals surface area contributed by atoms with E-state index in [1.807, 2.05) is 12.2 Å². The number of carbonyl (C=O) groups is 5. The maximum atomic E-state index is 13.3. The van der Waals surface area contributed by atoms with Crippen molar-refractivity contribution in [3.8, 4) is 5.75 Å². The van der Waals surface area contributed by atoms with Gasteiger partial charge in [0.25, 0.3) is 5.91 Å². The Morgan fingerprint density at radius 3 is 1.68 bits per heavy atom. The van der Waals surface area contributed by atoms with Crippen LogP contribution in [-0.4, -0.2) is 60.9 Å². The number of halogens is 1. The first kappa shape index (κ1) is 47.7. The molecule has 0 fully saturated rings. The van der Waals surface area contributed by atoms with Gasteiger partial charge in [-0.2, -0.15) is 0 Å². The predicted molar refractivity (Wildman–Crippen MR) is 226 cm³/mol. The van der Waals surface area contributed by atoms with E-state index < -0.39 is 42.1 Å². The lowest BCUT2D eigenvalue weighted by molar-refractivity contribution is -0.159. The van der Waals surface area contributed by atoms with Gasteiger partial charge in [0.2, 0.25) is 5.91 Å². The summed E-state index contributed by atoms with van der Waals surface area (Å²) in [7, 11) is 1.14. The topological polar surface area (TPSA) is 137 Å². The van der Waals surface area contributed by atoms with Crippen LogP contribution in [0.4, 0.5) is 0 Å². The minimum Gasteiger partial charge on any atom is -0.478 e. The number of ketones is 1. The number of rotatable bonds is 25. The Hall–Kier alpha value is -5.48. The number of methoxy groups -OCH3 is 1. The second kappa shape index (κ2) is 27.2. The van der Waals surface area contributed by atoms with Crippen LogP contribution >= 0.6 is 11.6 Å². The van der Waals surface area contributed by atoms with Crippen molar-refractivity contribution in [1.82, 2.24) is 10.6 Å². The summed E-state index contributed by atoms with van der Waals surface area (Å²) in [5, 5.41) is 5.57. The lowest BCUT2D eigenvalue weighted by Gasteiger charge is -2.29. The zero-order valence-corrected chi connectivity index (χ0v) is 34.5. The first-order chi connectivity index (χ1) is 27.4. The van der Waals surface area contributed by atoms with E-state index in [1.165, 1.54) is 20.8 Å². The summed E-state index contributed by atoms with van der Waals surface area (Å²) < 4.78 is 16.1. The Bertz CT molecular complexity index is 1760. The van der Waals surface area contributed by atoms with Gasteiger partial charge in [0.1, 0.15) is 18.4 Å². The zero-order valence-electron chi connectivity index (χ0n) is 33.7. The van der Waals surface area contributed by atoms with Gasteiger partial charge < -0.3 is 24.8 Å². The Labute approximate surface area is 342 Å². The van der Waals surface area contributed by atoms with E-state index in [4.69, 9.17) is 25.8 Å². The molecule has 0 spiro atoms. The lowest BCUT2D eigenvalue weighted by atomic mass is 10.0. The average molecular weight is 801 g/mol. The number of carbonyl (C=O) groups excluding carboxylic acids is 5. The van der Waals surface area contributed by atoms with Crippen molar-refractivity contribution in [2.45, 2.75) is 96.8 Å². The van der Waals surface area contributed by atoms with Crippen molar-refractivity contribution < 1.29 is 38.2 Å². The standard InChI is InChI=1S/C46H57ClN2O8/c1-6-7-8-9-10-11-12-13-14-15-16-17-18-19-20-21-22-23-24-25-40(50)48-34-41(51)56-35(2)42(44(53)55-5)49-45(54)46(3,4)57-39-32-28-37(29-33-39)43(52)36-26-30-38(47)31-27-36/h7-8,10-11,13-14,16-17,19-20,22-23,26-33,35,42H,6,9,12,15,18,21,24-25,34H2,1-5H3,(H,48,50)(H,49,54). The summed E-state index contributed by atoms with van der Waals surface area (Å²) in [5.74, 6) is -2.57. The van der Waals surface area contributed by atoms with Crippen molar-refractivity contribution in [3.63, 3.8) is 0 Å². The Kier molecular flexibility index (Phi) is 22.7. The number of nitrogens with one attached hydrogen (secondary N) is 2. The van der Waals surface area contributed by atoms with E-state index in [1.54, 1.807) is 48.5 Å². The van der Waals surface area contributed by atoms with Crippen molar-refractivity contribution in [2.24, 2.45) is 0 Å². The molecule has 0 bridgehead atoms. The smallest absolute Gasteiger partial charge is 0.332 e. The summed E-state index contributed by atoms with van der Waals surface area (Å²) in [4.78, 5) is 63.5. The molecule has 2 amide bonds. The second-order valence-corrected chi connectivity index (χ2v) is 13.8. The minimum absolute atomic E-state index is 0.183. The van der Waals surface area contributed by atoms with Crippen LogP contribution in [-0.2, 0) is 28.7 Å². The molecule has 10 nitrogen and oxygen atoms in total. The van der Waals surface area contributed by atoms with Crippen LogP contribution in [0.5, 0.6) is 5.75 Å². The van der Waals surface area contributed by atoms with Crippen LogP contribution in [0.15, 0.2) is 121 Å². The molecule has 0 aliphatic rings. The van der Waals surface area contributed by atoms with Gasteiger partial charge in [-0.25, -0.2) is 4.79 Å². The summed E-state index contributed by atoms with van der Waals surface area (Å²) in [5.41, 5.74) is -0.611. The van der Waals surface area contributed by atoms with Crippen LogP contribution in [0, 0.1) is 0 Å². The number of allylic oxidation sites excluding steroid dienone is 12. The van der Waals surface area contributed by atoms with Gasteiger partial charge in [0.05, 0.1) is 7.11 Å². The molecule has 57 heavy (non-hydrogen) atoms. The molecule has 306 valence electrons. The molecule has 0 heterocycles. The molecule has 2 unspecified atom stereocenters. The lowest BCUT2D eigenvalue weighted by Crippen LogP contribution is -2.56. The van der Waals surface area contributed by atoms with E-state index in [9.17, 15) is 24.0 Å². The quantitative estimate of drug-likeness (QED) is 0.0577. The molecule has 0 aromatic heterocycles. The second-order valence-electron chi connectivity index (χ2n) is 13.4. The molecule has 2 atom stereocenters. The summed E-state index contributed by atoms with van der Waals surface area (Å²) in [6.07, 6.45) is 30.4. The molecule has 0 aliphatic carbocycles. The molecule has 2 aromatic carbocycles. The van der Waals surface area contributed by atoms with Crippen LogP contribution in [0.25, 0.3) is 0 Å². The largest absolute Gasteiger partial charge is 0.478 e. The summed E-state index contributed by atoms with van der Waals surface area (Å²) in [6, 6.07) is 11.4. The van der Waals surface area contributed by atoms with Crippen LogP contribution in [0.1, 0.15) is 95.0 Å². The van der Waals surface area contributed by atoms with E-state index in [2.05, 4.69) is 78.3 Å². The van der Waals surface area contributed by atoms with Crippen molar-refractivity contribution >= 4 is 41.1 Å². The highest BCUT2D eigenvalue weighted by atomic mass is 35.5. The van der Waals surface area contributed by atoms with E-state index in [0.717, 1.165) is 45.6 Å². The van der Waals surface area contributed by atoms with Crippen LogP contribution < -0.4 is 15.4 Å². The van der Waals surface area contributed by atoms with Crippen LogP contribution in [0.3, 0.4) is 0 Å². The third-order valence-electron chi connectivity index (χ3n) is 8.24. The third-order valence-corrected chi connectivity index (χ3v) is 8.49. The highest BCUT2D eigenvalue weighted by Gasteiger charge is 2.37. The number of hydrogen-bond acceptors (Lipinski definition) is 8. The molecule has 0 saturated heterocycles. The van der Waals surface area contributed by atoms with E-state index >= 15 is 0 Å². The van der Waals surface area contributed by atoms with Crippen LogP contribution in [0.2, 0.25) is 5.02 Å². The Balaban J connectivity index is 1.71. The number of esters is 2. The molecule has 0 aliphatic heterocycles. The Morgan fingerprint density at radius 2 is 1.19 bits per heavy atom. The van der Waals surface area contributed by atoms with E-state index in [-0.39, 0.29) is 18.1 Å². The number of ether oxygens (including phenoxy) is 3. The van der Waals surface area contributed by atoms with Gasteiger partial charge in [0, 0.05) is 22.6 Å².